The van der Waals surface area contributed by atoms with E-state index in [9.17, 15) is 0 Å². The predicted octanol–water partition coefficient (Wildman–Crippen LogP) is 3.59. The largest absolute Gasteiger partial charge is 0.396 e. The molecule has 0 saturated heterocycles. The number of nitrogens with zero attached hydrogens (tertiary/aromatic N) is 2. The summed E-state index contributed by atoms with van der Waals surface area (Å²) in [5, 5.41) is 4.93. The van der Waals surface area contributed by atoms with Crippen molar-refractivity contribution in [2.75, 3.05) is 5.73 Å². The molecule has 2 N–H and O–H groups in total. The summed E-state index contributed by atoms with van der Waals surface area (Å²) in [5.41, 5.74) is 8.89. The lowest BCUT2D eigenvalue weighted by Gasteiger charge is -2.56. The van der Waals surface area contributed by atoms with Crippen LogP contribution in [0.4, 0.5) is 5.69 Å². The van der Waals surface area contributed by atoms with Crippen molar-refractivity contribution in [1.82, 2.24) is 9.78 Å². The van der Waals surface area contributed by atoms with Crippen LogP contribution in [0.2, 0.25) is 0 Å². The van der Waals surface area contributed by atoms with Crippen molar-refractivity contribution in [1.29, 1.82) is 0 Å². The Labute approximate surface area is 121 Å². The zero-order chi connectivity index (χ0) is 13.9. The molecule has 0 atom stereocenters. The van der Waals surface area contributed by atoms with Gasteiger partial charge >= 0.3 is 0 Å². The molecule has 20 heavy (non-hydrogen) atoms. The molecule has 4 fully saturated rings. The molecule has 5 rings (SSSR count). The van der Waals surface area contributed by atoms with Gasteiger partial charge in [0.2, 0.25) is 0 Å². The Morgan fingerprint density at radius 3 is 2.25 bits per heavy atom. The van der Waals surface area contributed by atoms with Crippen LogP contribution < -0.4 is 5.73 Å². The molecule has 1 heterocycles. The SMILES string of the molecule is CC(C)Cn1cc(N)c(C23CC4CC(CC(C4)C2)C3)n1. The number of rotatable bonds is 3. The second-order valence-corrected chi connectivity index (χ2v) is 8.25. The zero-order valence-electron chi connectivity index (χ0n) is 12.8. The van der Waals surface area contributed by atoms with E-state index in [0.717, 1.165) is 30.0 Å². The van der Waals surface area contributed by atoms with Gasteiger partial charge in [0, 0.05) is 18.2 Å². The van der Waals surface area contributed by atoms with E-state index < -0.39 is 0 Å². The van der Waals surface area contributed by atoms with Gasteiger partial charge in [0.05, 0.1) is 11.4 Å². The van der Waals surface area contributed by atoms with Crippen LogP contribution in [0.1, 0.15) is 58.1 Å². The smallest absolute Gasteiger partial charge is 0.0915 e. The van der Waals surface area contributed by atoms with Gasteiger partial charge in [0.1, 0.15) is 0 Å². The van der Waals surface area contributed by atoms with Crippen molar-refractivity contribution in [2.24, 2.45) is 23.7 Å². The molecule has 0 aliphatic heterocycles. The summed E-state index contributed by atoms with van der Waals surface area (Å²) in [5.74, 6) is 3.49. The third-order valence-corrected chi connectivity index (χ3v) is 5.88. The Morgan fingerprint density at radius 2 is 1.75 bits per heavy atom. The van der Waals surface area contributed by atoms with Gasteiger partial charge in [0.25, 0.3) is 0 Å². The maximum absolute atomic E-state index is 6.36. The van der Waals surface area contributed by atoms with Crippen molar-refractivity contribution >= 4 is 5.69 Å². The highest BCUT2D eigenvalue weighted by Gasteiger charge is 2.53. The molecular formula is C17H27N3. The molecule has 3 heteroatoms. The molecule has 4 bridgehead atoms. The first-order valence-electron chi connectivity index (χ1n) is 8.37. The highest BCUT2D eigenvalue weighted by molar-refractivity contribution is 5.46. The van der Waals surface area contributed by atoms with Crippen molar-refractivity contribution < 1.29 is 0 Å². The molecule has 0 spiro atoms. The molecule has 110 valence electrons. The molecule has 1 aromatic rings. The fourth-order valence-electron chi connectivity index (χ4n) is 5.72. The molecule has 0 unspecified atom stereocenters. The highest BCUT2D eigenvalue weighted by atomic mass is 15.3. The summed E-state index contributed by atoms with van der Waals surface area (Å²) in [4.78, 5) is 0. The number of aromatic nitrogens is 2. The lowest BCUT2D eigenvalue weighted by molar-refractivity contribution is -0.00716. The Morgan fingerprint density at radius 1 is 1.20 bits per heavy atom. The molecule has 4 aliphatic carbocycles. The van der Waals surface area contributed by atoms with Crippen LogP contribution in [0, 0.1) is 23.7 Å². The average molecular weight is 273 g/mol. The van der Waals surface area contributed by atoms with Gasteiger partial charge in [-0.3, -0.25) is 4.68 Å². The third-order valence-electron chi connectivity index (χ3n) is 5.88. The van der Waals surface area contributed by atoms with Gasteiger partial charge in [-0.1, -0.05) is 13.8 Å². The quantitative estimate of drug-likeness (QED) is 0.914. The second-order valence-electron chi connectivity index (χ2n) is 8.25. The number of nitrogens with two attached hydrogens (primary N) is 1. The third kappa shape index (κ3) is 1.89. The minimum atomic E-state index is 0.334. The highest BCUT2D eigenvalue weighted by Crippen LogP contribution is 2.61. The van der Waals surface area contributed by atoms with E-state index in [1.807, 2.05) is 0 Å². The van der Waals surface area contributed by atoms with Gasteiger partial charge in [-0.05, 0) is 62.2 Å². The van der Waals surface area contributed by atoms with Crippen molar-refractivity contribution in [3.63, 3.8) is 0 Å². The number of hydrogen-bond acceptors (Lipinski definition) is 2. The van der Waals surface area contributed by atoms with E-state index in [0.29, 0.717) is 11.3 Å². The second kappa shape index (κ2) is 4.25. The number of nitrogen functional groups attached to an aromatic ring is 1. The summed E-state index contributed by atoms with van der Waals surface area (Å²) in [7, 11) is 0. The summed E-state index contributed by atoms with van der Waals surface area (Å²) in [6, 6.07) is 0. The Kier molecular flexibility index (Phi) is 2.71. The zero-order valence-corrected chi connectivity index (χ0v) is 12.8. The molecule has 0 amide bonds. The molecule has 4 aliphatic rings. The monoisotopic (exact) mass is 273 g/mol. The Hall–Kier alpha value is -0.990. The van der Waals surface area contributed by atoms with E-state index in [4.69, 9.17) is 10.8 Å². The lowest BCUT2D eigenvalue weighted by Crippen LogP contribution is -2.49. The normalized spacial score (nSPS) is 38.9. The predicted molar refractivity (Wildman–Crippen MR) is 81.3 cm³/mol. The van der Waals surface area contributed by atoms with Crippen molar-refractivity contribution in [3.05, 3.63) is 11.9 Å². The molecule has 4 saturated carbocycles. The summed E-state index contributed by atoms with van der Waals surface area (Å²) >= 11 is 0. The van der Waals surface area contributed by atoms with E-state index >= 15 is 0 Å². The first-order valence-corrected chi connectivity index (χ1v) is 8.37. The fraction of sp³-hybridized carbons (Fsp3) is 0.824. The van der Waals surface area contributed by atoms with Crippen molar-refractivity contribution in [3.8, 4) is 0 Å². The maximum Gasteiger partial charge on any atom is 0.0915 e. The van der Waals surface area contributed by atoms with Crippen LogP contribution >= 0.6 is 0 Å². The van der Waals surface area contributed by atoms with Gasteiger partial charge in [-0.2, -0.15) is 5.10 Å². The van der Waals surface area contributed by atoms with Crippen LogP contribution in [-0.4, -0.2) is 9.78 Å². The number of hydrogen-bond donors (Lipinski definition) is 1. The van der Waals surface area contributed by atoms with Crippen LogP contribution in [0.25, 0.3) is 0 Å². The Balaban J connectivity index is 1.68. The number of anilines is 1. The molecule has 0 radical (unpaired) electrons. The van der Waals surface area contributed by atoms with E-state index in [1.54, 1.807) is 0 Å². The average Bonchev–Trinajstić information content (AvgIpc) is 2.68. The molecule has 3 nitrogen and oxygen atoms in total. The first kappa shape index (κ1) is 12.7. The summed E-state index contributed by atoms with van der Waals surface area (Å²) in [6.45, 7) is 5.46. The lowest BCUT2D eigenvalue weighted by atomic mass is 9.48. The minimum absolute atomic E-state index is 0.334. The van der Waals surface area contributed by atoms with Gasteiger partial charge in [-0.25, -0.2) is 0 Å². The van der Waals surface area contributed by atoms with E-state index in [2.05, 4.69) is 24.7 Å². The van der Waals surface area contributed by atoms with Gasteiger partial charge in [0.15, 0.2) is 0 Å². The Bertz CT molecular complexity index is 479. The van der Waals surface area contributed by atoms with Gasteiger partial charge in [-0.15, -0.1) is 0 Å². The van der Waals surface area contributed by atoms with Crippen LogP contribution in [0.15, 0.2) is 6.20 Å². The minimum Gasteiger partial charge on any atom is -0.396 e. The molecular weight excluding hydrogens is 246 g/mol. The maximum atomic E-state index is 6.36. The van der Waals surface area contributed by atoms with Crippen LogP contribution in [0.5, 0.6) is 0 Å². The topological polar surface area (TPSA) is 43.8 Å². The standard InChI is InChI=1S/C17H27N3/c1-11(2)9-20-10-15(18)16(19-20)17-6-12-3-13(7-17)5-14(4-12)8-17/h10-14H,3-9,18H2,1-2H3. The fourth-order valence-corrected chi connectivity index (χ4v) is 5.72. The summed E-state index contributed by atoms with van der Waals surface area (Å²) < 4.78 is 2.09. The first-order chi connectivity index (χ1) is 9.54. The van der Waals surface area contributed by atoms with Crippen LogP contribution in [-0.2, 0) is 12.0 Å². The molecule has 0 aromatic carbocycles. The molecule has 1 aromatic heterocycles. The van der Waals surface area contributed by atoms with Crippen LogP contribution in [0.3, 0.4) is 0 Å². The van der Waals surface area contributed by atoms with Gasteiger partial charge < -0.3 is 5.73 Å². The van der Waals surface area contributed by atoms with E-state index in [-0.39, 0.29) is 0 Å². The van der Waals surface area contributed by atoms with Crippen molar-refractivity contribution in [2.45, 2.75) is 64.3 Å². The summed E-state index contributed by atoms with van der Waals surface area (Å²) in [6.07, 6.45) is 10.6. The van der Waals surface area contributed by atoms with E-state index in [1.165, 1.54) is 44.2 Å².